The number of hydrogen-bond acceptors (Lipinski definition) is 5. The number of ether oxygens (including phenoxy) is 2. The molecule has 152 valence electrons. The molecule has 1 atom stereocenters. The highest BCUT2D eigenvalue weighted by Gasteiger charge is 2.17. The molecule has 0 fully saturated rings. The Morgan fingerprint density at radius 2 is 1.90 bits per heavy atom. The van der Waals surface area contributed by atoms with Crippen LogP contribution in [0.3, 0.4) is 0 Å². The number of H-pyrrole nitrogens is 1. The summed E-state index contributed by atoms with van der Waals surface area (Å²) in [4.78, 5) is 25.0. The Morgan fingerprint density at radius 3 is 2.59 bits per heavy atom. The van der Waals surface area contributed by atoms with Gasteiger partial charge < -0.3 is 19.6 Å². The molecule has 0 aliphatic rings. The molecule has 29 heavy (non-hydrogen) atoms. The summed E-state index contributed by atoms with van der Waals surface area (Å²) in [6.07, 6.45) is 0. The van der Waals surface area contributed by atoms with Crippen molar-refractivity contribution in [1.82, 2.24) is 4.98 Å². The molecule has 1 aromatic heterocycles. The summed E-state index contributed by atoms with van der Waals surface area (Å²) >= 11 is 0. The zero-order valence-corrected chi connectivity index (χ0v) is 16.0. The molecule has 0 saturated heterocycles. The van der Waals surface area contributed by atoms with E-state index in [0.717, 1.165) is 16.6 Å². The molecule has 3 rings (SSSR count). The van der Waals surface area contributed by atoms with Crippen LogP contribution in [0.15, 0.2) is 48.5 Å². The lowest BCUT2D eigenvalue weighted by molar-refractivity contribution is -0.383. The number of aromatic nitrogens is 1. The summed E-state index contributed by atoms with van der Waals surface area (Å²) in [6.45, 7) is 2.39. The van der Waals surface area contributed by atoms with Crippen molar-refractivity contribution in [2.24, 2.45) is 5.92 Å². The summed E-state index contributed by atoms with van der Waals surface area (Å²) in [7, 11) is 0. The van der Waals surface area contributed by atoms with Gasteiger partial charge in [-0.15, -0.1) is 0 Å². The third-order valence-electron chi connectivity index (χ3n) is 4.48. The normalized spacial score (nSPS) is 12.2. The quantitative estimate of drug-likeness (QED) is 0.303. The number of nitro groups is 1. The van der Waals surface area contributed by atoms with Crippen LogP contribution in [-0.2, 0) is 20.9 Å². The minimum absolute atomic E-state index is 0.00480. The fraction of sp³-hybridized carbons (Fsp3) is 0.286. The maximum atomic E-state index is 11.5. The van der Waals surface area contributed by atoms with Gasteiger partial charge in [0.1, 0.15) is 5.52 Å². The van der Waals surface area contributed by atoms with Crippen LogP contribution in [-0.4, -0.2) is 40.8 Å². The number of rotatable bonds is 10. The first kappa shape index (κ1) is 20.5. The lowest BCUT2D eigenvalue weighted by atomic mass is 10.1. The molecule has 0 aliphatic heterocycles. The number of non-ortho nitro benzene ring substituents is 1. The van der Waals surface area contributed by atoms with Crippen molar-refractivity contribution in [1.29, 1.82) is 0 Å². The van der Waals surface area contributed by atoms with Crippen LogP contribution < -0.4 is 0 Å². The number of benzene rings is 2. The van der Waals surface area contributed by atoms with Crippen molar-refractivity contribution in [3.63, 3.8) is 0 Å². The monoisotopic (exact) mass is 398 g/mol. The lowest BCUT2D eigenvalue weighted by Gasteiger charge is -2.08. The SMILES string of the molecule is CC(COCCOCc1cc([N+](=O)[O-])c2[nH]c(-c3ccccc3)cc2c1)C(=O)O. The van der Waals surface area contributed by atoms with Gasteiger partial charge in [0.25, 0.3) is 5.69 Å². The van der Waals surface area contributed by atoms with Gasteiger partial charge in [-0.3, -0.25) is 14.9 Å². The van der Waals surface area contributed by atoms with E-state index in [-0.39, 0.29) is 32.1 Å². The number of nitrogens with zero attached hydrogens (tertiary/aromatic N) is 1. The summed E-state index contributed by atoms with van der Waals surface area (Å²) in [5.74, 6) is -1.49. The largest absolute Gasteiger partial charge is 0.481 e. The highest BCUT2D eigenvalue weighted by molar-refractivity contribution is 5.92. The van der Waals surface area contributed by atoms with Crippen LogP contribution in [0.2, 0.25) is 0 Å². The van der Waals surface area contributed by atoms with Crippen molar-refractivity contribution in [3.05, 3.63) is 64.2 Å². The second kappa shape index (κ2) is 9.31. The molecular formula is C21H22N2O6. The Kier molecular flexibility index (Phi) is 6.58. The van der Waals surface area contributed by atoms with E-state index in [1.807, 2.05) is 42.5 Å². The van der Waals surface area contributed by atoms with Crippen LogP contribution in [0.4, 0.5) is 5.69 Å². The summed E-state index contributed by atoms with van der Waals surface area (Å²) in [5, 5.41) is 21.1. The maximum absolute atomic E-state index is 11.5. The number of nitro benzene ring substituents is 1. The van der Waals surface area contributed by atoms with Gasteiger partial charge in [-0.1, -0.05) is 30.3 Å². The van der Waals surface area contributed by atoms with Gasteiger partial charge in [0.2, 0.25) is 0 Å². The summed E-state index contributed by atoms with van der Waals surface area (Å²) in [6, 6.07) is 14.9. The predicted octanol–water partition coefficient (Wildman–Crippen LogP) is 4.00. The number of aliphatic carboxylic acids is 1. The van der Waals surface area contributed by atoms with Gasteiger partial charge in [-0.25, -0.2) is 0 Å². The summed E-state index contributed by atoms with van der Waals surface area (Å²) < 4.78 is 10.8. The number of nitrogens with one attached hydrogen (secondary N) is 1. The minimum atomic E-state index is -0.909. The fourth-order valence-corrected chi connectivity index (χ4v) is 2.93. The first-order chi connectivity index (χ1) is 14.0. The molecular weight excluding hydrogens is 376 g/mol. The van der Waals surface area contributed by atoms with Crippen LogP contribution in [0, 0.1) is 16.0 Å². The molecule has 0 aliphatic carbocycles. The van der Waals surface area contributed by atoms with E-state index >= 15 is 0 Å². The highest BCUT2D eigenvalue weighted by Crippen LogP contribution is 2.31. The number of aromatic amines is 1. The lowest BCUT2D eigenvalue weighted by Crippen LogP contribution is -2.17. The van der Waals surface area contributed by atoms with E-state index in [1.54, 1.807) is 6.92 Å². The molecule has 2 aromatic carbocycles. The second-order valence-electron chi connectivity index (χ2n) is 6.75. The first-order valence-electron chi connectivity index (χ1n) is 9.19. The number of carboxylic acids is 1. The van der Waals surface area contributed by atoms with E-state index in [1.165, 1.54) is 6.07 Å². The zero-order chi connectivity index (χ0) is 20.8. The molecule has 8 heteroatoms. The number of carboxylic acid groups (broad SMARTS) is 1. The smallest absolute Gasteiger partial charge is 0.308 e. The molecule has 8 nitrogen and oxygen atoms in total. The molecule has 0 amide bonds. The molecule has 0 bridgehead atoms. The first-order valence-corrected chi connectivity index (χ1v) is 9.19. The maximum Gasteiger partial charge on any atom is 0.308 e. The molecule has 0 spiro atoms. The van der Waals surface area contributed by atoms with Gasteiger partial charge in [-0.05, 0) is 30.2 Å². The number of carbonyl (C=O) groups is 1. The van der Waals surface area contributed by atoms with E-state index in [9.17, 15) is 14.9 Å². The van der Waals surface area contributed by atoms with Crippen molar-refractivity contribution < 1.29 is 24.3 Å². The zero-order valence-electron chi connectivity index (χ0n) is 16.0. The Morgan fingerprint density at radius 1 is 1.17 bits per heavy atom. The third-order valence-corrected chi connectivity index (χ3v) is 4.48. The topological polar surface area (TPSA) is 115 Å². The minimum Gasteiger partial charge on any atom is -0.481 e. The molecule has 2 N–H and O–H groups in total. The molecule has 0 saturated carbocycles. The van der Waals surface area contributed by atoms with E-state index in [0.29, 0.717) is 11.1 Å². The number of fused-ring (bicyclic) bond motifs is 1. The van der Waals surface area contributed by atoms with Gasteiger partial charge in [0.05, 0.1) is 37.3 Å². The average Bonchev–Trinajstić information content (AvgIpc) is 3.14. The standard InChI is InChI=1S/C21H22N2O6/c1-14(21(24)25)12-28-7-8-29-13-15-9-17-11-18(16-5-3-2-4-6-16)22-20(17)19(10-15)23(26)27/h2-6,9-11,14,22H,7-8,12-13H2,1H3,(H,24,25). The van der Waals surface area contributed by atoms with Gasteiger partial charge in [0.15, 0.2) is 0 Å². The molecule has 1 unspecified atom stereocenters. The molecule has 1 heterocycles. The molecule has 3 aromatic rings. The Balaban J connectivity index is 1.67. The third kappa shape index (κ3) is 5.18. The average molecular weight is 398 g/mol. The Bertz CT molecular complexity index is 999. The predicted molar refractivity (Wildman–Crippen MR) is 108 cm³/mol. The van der Waals surface area contributed by atoms with Crippen LogP contribution in [0.1, 0.15) is 12.5 Å². The van der Waals surface area contributed by atoms with E-state index in [4.69, 9.17) is 14.6 Å². The van der Waals surface area contributed by atoms with Crippen LogP contribution in [0.5, 0.6) is 0 Å². The Hall–Kier alpha value is -3.23. The van der Waals surface area contributed by atoms with Crippen molar-refractivity contribution in [2.75, 3.05) is 19.8 Å². The van der Waals surface area contributed by atoms with Gasteiger partial charge >= 0.3 is 5.97 Å². The van der Waals surface area contributed by atoms with Crippen LogP contribution >= 0.6 is 0 Å². The van der Waals surface area contributed by atoms with Gasteiger partial charge in [0, 0.05) is 17.1 Å². The second-order valence-corrected chi connectivity index (χ2v) is 6.75. The van der Waals surface area contributed by atoms with Crippen molar-refractivity contribution in [3.8, 4) is 11.3 Å². The van der Waals surface area contributed by atoms with E-state index in [2.05, 4.69) is 4.98 Å². The van der Waals surface area contributed by atoms with Crippen molar-refractivity contribution >= 4 is 22.6 Å². The Labute approximate surface area is 167 Å². The number of hydrogen-bond donors (Lipinski definition) is 2. The molecule has 0 radical (unpaired) electrons. The highest BCUT2D eigenvalue weighted by atomic mass is 16.6. The van der Waals surface area contributed by atoms with E-state index < -0.39 is 16.8 Å². The van der Waals surface area contributed by atoms with Crippen molar-refractivity contribution in [2.45, 2.75) is 13.5 Å². The summed E-state index contributed by atoms with van der Waals surface area (Å²) in [5.41, 5.74) is 2.91. The fourth-order valence-electron chi connectivity index (χ4n) is 2.93. The van der Waals surface area contributed by atoms with Gasteiger partial charge in [-0.2, -0.15) is 0 Å². The van der Waals surface area contributed by atoms with Crippen LogP contribution in [0.25, 0.3) is 22.2 Å².